The highest BCUT2D eigenvalue weighted by Gasteiger charge is 2.49. The molecule has 12 heteroatoms. The zero-order valence-corrected chi connectivity index (χ0v) is 25.0. The van der Waals surface area contributed by atoms with Crippen LogP contribution in [0, 0.1) is 6.92 Å². The molecule has 3 aromatic rings. The smallest absolute Gasteiger partial charge is 0.255 e. The number of hydrogen-bond acceptors (Lipinski definition) is 7. The summed E-state index contributed by atoms with van der Waals surface area (Å²) >= 11 is 11.7. The van der Waals surface area contributed by atoms with Crippen molar-refractivity contribution in [1.29, 1.82) is 0 Å². The van der Waals surface area contributed by atoms with Gasteiger partial charge in [-0.1, -0.05) is 60.3 Å². The summed E-state index contributed by atoms with van der Waals surface area (Å²) in [6.45, 7) is 1.85. The maximum atomic E-state index is 14.3. The van der Waals surface area contributed by atoms with E-state index in [2.05, 4.69) is 20.2 Å². The second kappa shape index (κ2) is 13.1. The molecular formula is C29H31Cl2N5O4S. The Morgan fingerprint density at radius 2 is 1.90 bits per heavy atom. The highest BCUT2D eigenvalue weighted by molar-refractivity contribution is 7.88. The van der Waals surface area contributed by atoms with Gasteiger partial charge in [-0.15, -0.1) is 4.72 Å². The fourth-order valence-electron chi connectivity index (χ4n) is 5.80. The Morgan fingerprint density at radius 3 is 2.63 bits per heavy atom. The number of aryl methyl sites for hydroxylation is 1. The third kappa shape index (κ3) is 6.53. The number of nitrogens with zero attached hydrogens (tertiary/aromatic N) is 3. The van der Waals surface area contributed by atoms with Crippen LogP contribution in [0.4, 0.5) is 0 Å². The van der Waals surface area contributed by atoms with Crippen molar-refractivity contribution in [3.63, 3.8) is 0 Å². The molecule has 41 heavy (non-hydrogen) atoms. The molecule has 5 atom stereocenters. The maximum Gasteiger partial charge on any atom is 0.255 e. The van der Waals surface area contributed by atoms with Crippen LogP contribution in [0.15, 0.2) is 54.9 Å². The van der Waals surface area contributed by atoms with Crippen LogP contribution in [0.2, 0.25) is 10.0 Å². The van der Waals surface area contributed by atoms with E-state index in [0.29, 0.717) is 38.9 Å². The van der Waals surface area contributed by atoms with Gasteiger partial charge in [0.1, 0.15) is 12.9 Å². The van der Waals surface area contributed by atoms with Gasteiger partial charge in [0.25, 0.3) is 11.8 Å². The molecule has 216 valence electrons. The van der Waals surface area contributed by atoms with Crippen LogP contribution < -0.4 is 10.2 Å². The second-order valence-corrected chi connectivity index (χ2v) is 12.3. The molecule has 5 rings (SSSR count). The lowest BCUT2D eigenvalue weighted by Gasteiger charge is -2.48. The largest absolute Gasteiger partial charge is 0.598 e. The number of amides is 2. The number of aromatic nitrogens is 2. The second-order valence-electron chi connectivity index (χ2n) is 10.3. The van der Waals surface area contributed by atoms with Gasteiger partial charge >= 0.3 is 0 Å². The molecule has 1 aromatic heterocycles. The van der Waals surface area contributed by atoms with Gasteiger partial charge in [-0.05, 0) is 49.1 Å². The Bertz CT molecular complexity index is 1410. The number of halogens is 2. The molecule has 1 saturated carbocycles. The van der Waals surface area contributed by atoms with E-state index in [0.717, 1.165) is 25.0 Å². The monoisotopic (exact) mass is 615 g/mol. The molecule has 1 unspecified atom stereocenters. The molecule has 2 amide bonds. The van der Waals surface area contributed by atoms with E-state index in [1.165, 1.54) is 0 Å². The van der Waals surface area contributed by atoms with E-state index in [9.17, 15) is 14.1 Å². The first-order valence-electron chi connectivity index (χ1n) is 13.4. The minimum atomic E-state index is -1.29. The van der Waals surface area contributed by atoms with Crippen molar-refractivity contribution in [3.05, 3.63) is 93.0 Å². The number of rotatable bonds is 8. The molecule has 2 heterocycles. The standard InChI is InChI=1S/C29H31Cl2N5O4S/c1-17-14-33-19(15-32-17)16-40-34-28(37)26-20-7-3-4-8-21(20)29(38)36(25-10-6-5-9-24(25)35-41(2)39)27(26)22-12-11-18(30)13-23(22)31/h3-4,7-8,11-15,24-27,35H,5-6,9-10,16H2,1-2H3,(H,34,37)/t24-,25-,26+,27-,41?/m0/s1. The predicted molar refractivity (Wildman–Crippen MR) is 158 cm³/mol. The lowest BCUT2D eigenvalue weighted by atomic mass is 9.76. The van der Waals surface area contributed by atoms with Gasteiger partial charge in [0.15, 0.2) is 0 Å². The van der Waals surface area contributed by atoms with Crippen LogP contribution in [-0.4, -0.2) is 49.6 Å². The van der Waals surface area contributed by atoms with E-state index in [1.807, 2.05) is 6.92 Å². The lowest BCUT2D eigenvalue weighted by Crippen LogP contribution is -2.59. The summed E-state index contributed by atoms with van der Waals surface area (Å²) in [5.41, 5.74) is 5.50. The third-order valence-electron chi connectivity index (χ3n) is 7.57. The summed E-state index contributed by atoms with van der Waals surface area (Å²) in [5.74, 6) is -1.51. The van der Waals surface area contributed by atoms with Gasteiger partial charge in [-0.2, -0.15) is 0 Å². The normalized spacial score (nSPS) is 23.1. The van der Waals surface area contributed by atoms with Crippen LogP contribution in [0.3, 0.4) is 0 Å². The van der Waals surface area contributed by atoms with E-state index < -0.39 is 29.2 Å². The molecule has 0 saturated heterocycles. The summed E-state index contributed by atoms with van der Waals surface area (Å²) in [6.07, 6.45) is 8.05. The van der Waals surface area contributed by atoms with Crippen LogP contribution in [0.1, 0.15) is 70.5 Å². The van der Waals surface area contributed by atoms with Crippen LogP contribution >= 0.6 is 23.2 Å². The molecule has 2 aliphatic rings. The lowest BCUT2D eigenvalue weighted by molar-refractivity contribution is -0.138. The van der Waals surface area contributed by atoms with Crippen LogP contribution in [-0.2, 0) is 27.6 Å². The number of fused-ring (bicyclic) bond motifs is 1. The van der Waals surface area contributed by atoms with E-state index in [4.69, 9.17) is 28.0 Å². The summed E-state index contributed by atoms with van der Waals surface area (Å²) in [6, 6.07) is 10.8. The molecule has 2 aromatic carbocycles. The third-order valence-corrected chi connectivity index (χ3v) is 8.77. The molecule has 2 N–H and O–H groups in total. The summed E-state index contributed by atoms with van der Waals surface area (Å²) in [4.78, 5) is 44.1. The molecule has 1 fully saturated rings. The Hall–Kier alpha value is -2.73. The first kappa shape index (κ1) is 29.8. The highest BCUT2D eigenvalue weighted by Crippen LogP contribution is 2.47. The average molecular weight is 617 g/mol. The van der Waals surface area contributed by atoms with Gasteiger partial charge < -0.3 is 9.45 Å². The summed E-state index contributed by atoms with van der Waals surface area (Å²) in [7, 11) is 0. The van der Waals surface area contributed by atoms with Gasteiger partial charge in [0.05, 0.1) is 41.6 Å². The fraction of sp³-hybridized carbons (Fsp3) is 0.379. The topological polar surface area (TPSA) is 120 Å². The van der Waals surface area contributed by atoms with Crippen molar-refractivity contribution in [3.8, 4) is 0 Å². The van der Waals surface area contributed by atoms with E-state index >= 15 is 0 Å². The van der Waals surface area contributed by atoms with Crippen LogP contribution in [0.25, 0.3) is 0 Å². The number of benzene rings is 2. The number of carbonyl (C=O) groups is 2. The van der Waals surface area contributed by atoms with Crippen molar-refractivity contribution in [2.75, 3.05) is 6.26 Å². The van der Waals surface area contributed by atoms with E-state index in [-0.39, 0.29) is 24.6 Å². The van der Waals surface area contributed by atoms with Crippen molar-refractivity contribution in [2.45, 2.75) is 63.3 Å². The first-order valence-corrected chi connectivity index (χ1v) is 15.7. The SMILES string of the molecule is Cc1cnc(CONC(=O)[C@@H]2c3ccccc3C(=O)N([C@H]3CCCC[C@@H]3N[S+](C)[O-])[C@H]2c2ccc(Cl)cc2Cl)cn1. The molecule has 1 aliphatic heterocycles. The van der Waals surface area contributed by atoms with Crippen molar-refractivity contribution < 1.29 is 19.0 Å². The quantitative estimate of drug-likeness (QED) is 0.275. The van der Waals surface area contributed by atoms with Gasteiger partial charge in [0.2, 0.25) is 0 Å². The minimum absolute atomic E-state index is 0.0132. The zero-order valence-electron chi connectivity index (χ0n) is 22.7. The maximum absolute atomic E-state index is 14.3. The average Bonchev–Trinajstić information content (AvgIpc) is 2.94. The molecular weight excluding hydrogens is 585 g/mol. The number of carbonyl (C=O) groups excluding carboxylic acids is 2. The predicted octanol–water partition coefficient (Wildman–Crippen LogP) is 4.81. The molecule has 0 spiro atoms. The minimum Gasteiger partial charge on any atom is -0.598 e. The Morgan fingerprint density at radius 1 is 1.12 bits per heavy atom. The van der Waals surface area contributed by atoms with Crippen LogP contribution in [0.5, 0.6) is 0 Å². The van der Waals surface area contributed by atoms with Crippen molar-refractivity contribution >= 4 is 46.4 Å². The van der Waals surface area contributed by atoms with Crippen molar-refractivity contribution in [1.82, 2.24) is 25.1 Å². The molecule has 1 aliphatic carbocycles. The number of hydroxylamine groups is 1. The summed E-state index contributed by atoms with van der Waals surface area (Å²) < 4.78 is 15.4. The number of nitrogens with one attached hydrogen (secondary N) is 2. The Labute approximate surface area is 252 Å². The Balaban J connectivity index is 1.57. The van der Waals surface area contributed by atoms with Gasteiger partial charge in [-0.3, -0.25) is 24.4 Å². The zero-order chi connectivity index (χ0) is 29.1. The molecule has 9 nitrogen and oxygen atoms in total. The van der Waals surface area contributed by atoms with Gasteiger partial charge in [0, 0.05) is 33.2 Å². The summed E-state index contributed by atoms with van der Waals surface area (Å²) in [5, 5.41) is 0.780. The Kier molecular flexibility index (Phi) is 9.48. The molecule has 0 radical (unpaired) electrons. The van der Waals surface area contributed by atoms with Gasteiger partial charge in [-0.25, -0.2) is 5.48 Å². The fourth-order valence-corrected chi connectivity index (χ4v) is 7.03. The van der Waals surface area contributed by atoms with Crippen molar-refractivity contribution in [2.24, 2.45) is 0 Å². The van der Waals surface area contributed by atoms with E-state index in [1.54, 1.807) is 66.0 Å². The first-order chi connectivity index (χ1) is 19.7. The highest BCUT2D eigenvalue weighted by atomic mass is 35.5. The number of hydrogen-bond donors (Lipinski definition) is 2. The molecule has 0 bridgehead atoms.